The normalized spacial score (nSPS) is 22.7. The Hall–Kier alpha value is -1.62. The SMILES string of the molecule is O=C(NC1(CF)CCNC1)OCc1ccccc1. The maximum absolute atomic E-state index is 13.0. The highest BCUT2D eigenvalue weighted by atomic mass is 19.1. The van der Waals surface area contributed by atoms with E-state index in [2.05, 4.69) is 10.6 Å². The van der Waals surface area contributed by atoms with Crippen molar-refractivity contribution < 1.29 is 13.9 Å². The fourth-order valence-electron chi connectivity index (χ4n) is 1.97. The number of ether oxygens (including phenoxy) is 1. The van der Waals surface area contributed by atoms with Gasteiger partial charge in [0.25, 0.3) is 0 Å². The van der Waals surface area contributed by atoms with Gasteiger partial charge in [-0.15, -0.1) is 0 Å². The molecule has 4 nitrogen and oxygen atoms in total. The molecule has 1 saturated heterocycles. The molecule has 0 spiro atoms. The Morgan fingerprint density at radius 1 is 1.44 bits per heavy atom. The summed E-state index contributed by atoms with van der Waals surface area (Å²) in [6, 6.07) is 9.39. The minimum absolute atomic E-state index is 0.197. The molecule has 2 rings (SSSR count). The molecule has 1 amide bonds. The van der Waals surface area contributed by atoms with Gasteiger partial charge in [0.2, 0.25) is 0 Å². The maximum Gasteiger partial charge on any atom is 0.408 e. The van der Waals surface area contributed by atoms with Crippen molar-refractivity contribution in [3.63, 3.8) is 0 Å². The Balaban J connectivity index is 1.82. The minimum atomic E-state index is -0.798. The first-order valence-electron chi connectivity index (χ1n) is 6.00. The molecule has 1 aliphatic rings. The Bertz CT molecular complexity index is 391. The monoisotopic (exact) mass is 252 g/mol. The number of rotatable bonds is 4. The van der Waals surface area contributed by atoms with Crippen LogP contribution in [0.4, 0.5) is 9.18 Å². The second kappa shape index (κ2) is 5.82. The van der Waals surface area contributed by atoms with Gasteiger partial charge in [-0.2, -0.15) is 0 Å². The number of alkyl halides is 1. The van der Waals surface area contributed by atoms with Crippen LogP contribution in [0.5, 0.6) is 0 Å². The van der Waals surface area contributed by atoms with Crippen molar-refractivity contribution in [3.05, 3.63) is 35.9 Å². The van der Waals surface area contributed by atoms with E-state index in [1.165, 1.54) is 0 Å². The zero-order valence-corrected chi connectivity index (χ0v) is 10.1. The van der Waals surface area contributed by atoms with Gasteiger partial charge in [0.1, 0.15) is 13.3 Å². The smallest absolute Gasteiger partial charge is 0.408 e. The Morgan fingerprint density at radius 3 is 2.83 bits per heavy atom. The molecule has 1 aromatic carbocycles. The number of nitrogens with one attached hydrogen (secondary N) is 2. The third-order valence-electron chi connectivity index (χ3n) is 3.08. The molecular formula is C13H17FN2O2. The van der Waals surface area contributed by atoms with Crippen LogP contribution >= 0.6 is 0 Å². The third-order valence-corrected chi connectivity index (χ3v) is 3.08. The van der Waals surface area contributed by atoms with E-state index in [0.29, 0.717) is 19.5 Å². The highest BCUT2D eigenvalue weighted by molar-refractivity contribution is 5.68. The number of halogens is 1. The number of carbonyl (C=O) groups excluding carboxylic acids is 1. The quantitative estimate of drug-likeness (QED) is 0.856. The molecule has 0 bridgehead atoms. The number of carbonyl (C=O) groups is 1. The minimum Gasteiger partial charge on any atom is -0.445 e. The van der Waals surface area contributed by atoms with Crippen LogP contribution in [-0.4, -0.2) is 31.4 Å². The number of hydrogen-bond donors (Lipinski definition) is 2. The lowest BCUT2D eigenvalue weighted by molar-refractivity contribution is 0.123. The molecule has 98 valence electrons. The highest BCUT2D eigenvalue weighted by Crippen LogP contribution is 2.15. The van der Waals surface area contributed by atoms with Gasteiger partial charge in [-0.3, -0.25) is 0 Å². The molecule has 1 aliphatic heterocycles. The predicted molar refractivity (Wildman–Crippen MR) is 66.0 cm³/mol. The summed E-state index contributed by atoms with van der Waals surface area (Å²) >= 11 is 0. The molecule has 0 aliphatic carbocycles. The van der Waals surface area contributed by atoms with Crippen molar-refractivity contribution >= 4 is 6.09 Å². The fraction of sp³-hybridized carbons (Fsp3) is 0.462. The van der Waals surface area contributed by atoms with Crippen molar-refractivity contribution in [3.8, 4) is 0 Å². The van der Waals surface area contributed by atoms with E-state index < -0.39 is 18.3 Å². The second-order valence-corrected chi connectivity index (χ2v) is 4.53. The van der Waals surface area contributed by atoms with Gasteiger partial charge in [-0.05, 0) is 18.5 Å². The lowest BCUT2D eigenvalue weighted by Crippen LogP contribution is -2.52. The van der Waals surface area contributed by atoms with Crippen LogP contribution in [0, 0.1) is 0 Å². The molecule has 18 heavy (non-hydrogen) atoms. The van der Waals surface area contributed by atoms with Crippen molar-refractivity contribution in [2.24, 2.45) is 0 Å². The van der Waals surface area contributed by atoms with Crippen LogP contribution in [0.15, 0.2) is 30.3 Å². The van der Waals surface area contributed by atoms with Crippen LogP contribution in [-0.2, 0) is 11.3 Å². The molecular weight excluding hydrogens is 235 g/mol. The van der Waals surface area contributed by atoms with E-state index in [0.717, 1.165) is 5.56 Å². The van der Waals surface area contributed by atoms with Crippen molar-refractivity contribution in [2.75, 3.05) is 19.8 Å². The lowest BCUT2D eigenvalue weighted by Gasteiger charge is -2.25. The van der Waals surface area contributed by atoms with Crippen LogP contribution < -0.4 is 10.6 Å². The van der Waals surface area contributed by atoms with Crippen LogP contribution in [0.25, 0.3) is 0 Å². The first-order valence-corrected chi connectivity index (χ1v) is 6.00. The zero-order chi connectivity index (χ0) is 12.8. The molecule has 0 saturated carbocycles. The topological polar surface area (TPSA) is 50.4 Å². The summed E-state index contributed by atoms with van der Waals surface area (Å²) in [6.45, 7) is 0.774. The van der Waals surface area contributed by atoms with E-state index in [4.69, 9.17) is 4.74 Å². The standard InChI is InChI=1S/C13H17FN2O2/c14-9-13(6-7-15-10-13)16-12(17)18-8-11-4-2-1-3-5-11/h1-5,15H,6-10H2,(H,16,17). The van der Waals surface area contributed by atoms with Gasteiger partial charge in [0.15, 0.2) is 0 Å². The van der Waals surface area contributed by atoms with Crippen molar-refractivity contribution in [1.82, 2.24) is 10.6 Å². The number of amides is 1. The first kappa shape index (κ1) is 12.8. The highest BCUT2D eigenvalue weighted by Gasteiger charge is 2.35. The molecule has 1 atom stereocenters. The van der Waals surface area contributed by atoms with Gasteiger partial charge in [-0.1, -0.05) is 30.3 Å². The molecule has 0 aromatic heterocycles. The summed E-state index contributed by atoms with van der Waals surface area (Å²) in [4.78, 5) is 11.6. The number of hydrogen-bond acceptors (Lipinski definition) is 3. The molecule has 1 heterocycles. The summed E-state index contributed by atoms with van der Waals surface area (Å²) in [6.07, 6.45) is 0.0180. The van der Waals surface area contributed by atoms with E-state index in [1.807, 2.05) is 30.3 Å². The molecule has 1 unspecified atom stereocenters. The molecule has 5 heteroatoms. The molecule has 2 N–H and O–H groups in total. The largest absolute Gasteiger partial charge is 0.445 e. The van der Waals surface area contributed by atoms with Gasteiger partial charge in [0.05, 0.1) is 5.54 Å². The van der Waals surface area contributed by atoms with Gasteiger partial charge in [-0.25, -0.2) is 9.18 Å². The Kier molecular flexibility index (Phi) is 4.15. The van der Waals surface area contributed by atoms with Gasteiger partial charge < -0.3 is 15.4 Å². The number of benzene rings is 1. The third kappa shape index (κ3) is 3.20. The zero-order valence-electron chi connectivity index (χ0n) is 10.1. The lowest BCUT2D eigenvalue weighted by atomic mass is 10.0. The van der Waals surface area contributed by atoms with Crippen LogP contribution in [0.3, 0.4) is 0 Å². The molecule has 0 radical (unpaired) electrons. The molecule has 1 aromatic rings. The first-order chi connectivity index (χ1) is 8.74. The van der Waals surface area contributed by atoms with E-state index >= 15 is 0 Å². The van der Waals surface area contributed by atoms with Crippen LogP contribution in [0.1, 0.15) is 12.0 Å². The summed E-state index contributed by atoms with van der Waals surface area (Å²) in [5.74, 6) is 0. The fourth-order valence-corrected chi connectivity index (χ4v) is 1.97. The summed E-state index contributed by atoms with van der Waals surface area (Å²) < 4.78 is 18.0. The van der Waals surface area contributed by atoms with E-state index in [1.54, 1.807) is 0 Å². The second-order valence-electron chi connectivity index (χ2n) is 4.53. The van der Waals surface area contributed by atoms with Gasteiger partial charge >= 0.3 is 6.09 Å². The number of alkyl carbamates (subject to hydrolysis) is 1. The predicted octanol–water partition coefficient (Wildman–Crippen LogP) is 1.61. The summed E-state index contributed by atoms with van der Waals surface area (Å²) in [5, 5.41) is 5.65. The van der Waals surface area contributed by atoms with Gasteiger partial charge in [0, 0.05) is 6.54 Å². The Morgan fingerprint density at radius 2 is 2.22 bits per heavy atom. The summed E-state index contributed by atoms with van der Waals surface area (Å²) in [7, 11) is 0. The molecule has 1 fully saturated rings. The Labute approximate surface area is 106 Å². The average molecular weight is 252 g/mol. The average Bonchev–Trinajstić information content (AvgIpc) is 2.87. The summed E-state index contributed by atoms with van der Waals surface area (Å²) in [5.41, 5.74) is 0.111. The van der Waals surface area contributed by atoms with Crippen molar-refractivity contribution in [1.29, 1.82) is 0 Å². The van der Waals surface area contributed by atoms with E-state index in [-0.39, 0.29) is 6.61 Å². The van der Waals surface area contributed by atoms with E-state index in [9.17, 15) is 9.18 Å². The van der Waals surface area contributed by atoms with Crippen molar-refractivity contribution in [2.45, 2.75) is 18.6 Å². The maximum atomic E-state index is 13.0. The van der Waals surface area contributed by atoms with Crippen LogP contribution in [0.2, 0.25) is 0 Å².